The fourth-order valence-corrected chi connectivity index (χ4v) is 9.54. The molecule has 0 spiro atoms. The Morgan fingerprint density at radius 2 is 1.39 bits per heavy atom. The van der Waals surface area contributed by atoms with E-state index in [1.54, 1.807) is 43.7 Å². The number of alkyl carbamates (subject to hydrolysis) is 1. The molecular weight excluding hydrogens is 532 g/mol. The van der Waals surface area contributed by atoms with E-state index in [1.165, 1.54) is 10.4 Å². The third-order valence-corrected chi connectivity index (χ3v) is 11.9. The van der Waals surface area contributed by atoms with Crippen LogP contribution in [0.1, 0.15) is 59.9 Å². The number of amides is 1. The van der Waals surface area contributed by atoms with Gasteiger partial charge in [-0.15, -0.1) is 0 Å². The predicted molar refractivity (Wildman–Crippen MR) is 167 cm³/mol. The Balaban J connectivity index is 1.49. The molecule has 0 bridgehead atoms. The fourth-order valence-electron chi connectivity index (χ4n) is 4.94. The van der Waals surface area contributed by atoms with Crippen LogP contribution in [-0.4, -0.2) is 44.4 Å². The van der Waals surface area contributed by atoms with Gasteiger partial charge in [0.05, 0.1) is 13.2 Å². The van der Waals surface area contributed by atoms with E-state index in [4.69, 9.17) is 13.9 Å². The summed E-state index contributed by atoms with van der Waals surface area (Å²) in [6.07, 6.45) is 2.94. The number of hydrogen-bond acceptors (Lipinski definition) is 5. The van der Waals surface area contributed by atoms with Crippen molar-refractivity contribution in [1.82, 2.24) is 9.88 Å². The molecule has 2 aromatic carbocycles. The molecule has 0 aliphatic rings. The highest BCUT2D eigenvalue weighted by atomic mass is 28.4. The summed E-state index contributed by atoms with van der Waals surface area (Å²) in [6, 6.07) is 24.8. The lowest BCUT2D eigenvalue weighted by molar-refractivity contribution is 0.0523. The highest BCUT2D eigenvalue weighted by Crippen LogP contribution is 2.36. The summed E-state index contributed by atoms with van der Waals surface area (Å²) >= 11 is 0. The van der Waals surface area contributed by atoms with Gasteiger partial charge in [-0.25, -0.2) is 4.79 Å². The molecule has 0 aliphatic heterocycles. The highest BCUT2D eigenvalue weighted by molar-refractivity contribution is 6.99. The molecule has 1 heterocycles. The summed E-state index contributed by atoms with van der Waals surface area (Å²) < 4.78 is 19.6. The molecule has 3 rings (SSSR count). The SMILES string of the molecule is CC(C)(C)OC(=O)NCc1cccn(CCOCCCCO[Si](c2ccccc2)(c2ccccc2)C(C)(C)C)c1=O. The number of aromatic nitrogens is 1. The second-order valence-electron chi connectivity index (χ2n) is 12.2. The Morgan fingerprint density at radius 1 is 0.805 bits per heavy atom. The largest absolute Gasteiger partial charge is 0.444 e. The summed E-state index contributed by atoms with van der Waals surface area (Å²) in [5.74, 6) is 0. The van der Waals surface area contributed by atoms with Crippen LogP contribution in [0.4, 0.5) is 4.79 Å². The molecule has 1 amide bonds. The van der Waals surface area contributed by atoms with Gasteiger partial charge >= 0.3 is 6.09 Å². The van der Waals surface area contributed by atoms with Crippen LogP contribution in [0.5, 0.6) is 0 Å². The van der Waals surface area contributed by atoms with Gasteiger partial charge in [0.15, 0.2) is 0 Å². The number of nitrogens with zero attached hydrogens (tertiary/aromatic N) is 1. The maximum atomic E-state index is 12.8. The average molecular weight is 579 g/mol. The first-order valence-electron chi connectivity index (χ1n) is 14.4. The van der Waals surface area contributed by atoms with E-state index in [2.05, 4.69) is 86.8 Å². The first kappa shape index (κ1) is 32.3. The second-order valence-corrected chi connectivity index (χ2v) is 16.5. The number of carbonyl (C=O) groups is 1. The minimum Gasteiger partial charge on any atom is -0.444 e. The Hall–Kier alpha value is -3.20. The molecule has 0 saturated heterocycles. The molecule has 8 heteroatoms. The van der Waals surface area contributed by atoms with E-state index in [0.29, 0.717) is 31.9 Å². The van der Waals surface area contributed by atoms with Gasteiger partial charge in [0.2, 0.25) is 0 Å². The number of unbranched alkanes of at least 4 members (excludes halogenated alkanes) is 1. The topological polar surface area (TPSA) is 78.8 Å². The van der Waals surface area contributed by atoms with Gasteiger partial charge in [-0.05, 0) is 55.1 Å². The van der Waals surface area contributed by atoms with Gasteiger partial charge in [-0.3, -0.25) is 4.79 Å². The third-order valence-electron chi connectivity index (χ3n) is 6.82. The van der Waals surface area contributed by atoms with Crippen molar-refractivity contribution in [2.24, 2.45) is 0 Å². The quantitative estimate of drug-likeness (QED) is 0.222. The van der Waals surface area contributed by atoms with E-state index in [9.17, 15) is 9.59 Å². The van der Waals surface area contributed by atoms with Crippen molar-refractivity contribution < 1.29 is 18.7 Å². The fraction of sp³-hybridized carbons (Fsp3) is 0.455. The monoisotopic (exact) mass is 578 g/mol. The molecule has 0 aliphatic carbocycles. The van der Waals surface area contributed by atoms with Crippen molar-refractivity contribution in [2.45, 2.75) is 78.1 Å². The molecule has 0 radical (unpaired) electrons. The molecule has 0 saturated carbocycles. The summed E-state index contributed by atoms with van der Waals surface area (Å²) in [7, 11) is -2.52. The molecule has 0 atom stereocenters. The van der Waals surface area contributed by atoms with Gasteiger partial charge < -0.3 is 23.8 Å². The van der Waals surface area contributed by atoms with Crippen LogP contribution in [-0.2, 0) is 27.0 Å². The van der Waals surface area contributed by atoms with Crippen molar-refractivity contribution >= 4 is 24.8 Å². The first-order chi connectivity index (χ1) is 19.4. The van der Waals surface area contributed by atoms with Crippen LogP contribution in [0.15, 0.2) is 83.8 Å². The summed E-state index contributed by atoms with van der Waals surface area (Å²) in [5.41, 5.74) is -0.240. The van der Waals surface area contributed by atoms with Crippen molar-refractivity contribution in [3.8, 4) is 0 Å². The number of ether oxygens (including phenoxy) is 2. The molecule has 1 aromatic heterocycles. The Labute approximate surface area is 246 Å². The molecule has 222 valence electrons. The lowest BCUT2D eigenvalue weighted by atomic mass is 10.2. The number of rotatable bonds is 13. The minimum atomic E-state index is -2.52. The Kier molecular flexibility index (Phi) is 11.5. The van der Waals surface area contributed by atoms with Gasteiger partial charge in [-0.1, -0.05) is 87.5 Å². The van der Waals surface area contributed by atoms with E-state index < -0.39 is 20.0 Å². The van der Waals surface area contributed by atoms with Gasteiger partial charge in [0, 0.05) is 31.5 Å². The zero-order valence-electron chi connectivity index (χ0n) is 25.4. The number of pyridine rings is 1. The molecule has 41 heavy (non-hydrogen) atoms. The van der Waals surface area contributed by atoms with E-state index in [1.807, 2.05) is 0 Å². The first-order valence-corrected chi connectivity index (χ1v) is 16.3. The van der Waals surface area contributed by atoms with Crippen LogP contribution < -0.4 is 21.2 Å². The maximum Gasteiger partial charge on any atom is 0.407 e. The van der Waals surface area contributed by atoms with Crippen LogP contribution >= 0.6 is 0 Å². The molecule has 0 unspecified atom stereocenters. The van der Waals surface area contributed by atoms with Crippen molar-refractivity contribution in [3.63, 3.8) is 0 Å². The number of nitrogens with one attached hydrogen (secondary N) is 1. The van der Waals surface area contributed by atoms with E-state index >= 15 is 0 Å². The Bertz CT molecular complexity index is 1240. The van der Waals surface area contributed by atoms with Crippen LogP contribution in [0.25, 0.3) is 0 Å². The van der Waals surface area contributed by atoms with Crippen LogP contribution in [0, 0.1) is 0 Å². The number of benzene rings is 2. The number of hydrogen-bond donors (Lipinski definition) is 1. The van der Waals surface area contributed by atoms with Gasteiger partial charge in [0.25, 0.3) is 13.9 Å². The molecular formula is C33H46N2O5Si. The normalized spacial score (nSPS) is 12.2. The standard InChI is InChI=1S/C33H46N2O5Si/c1-32(2,3)40-31(37)34-26-27-16-15-21-35(30(27)36)22-25-38-23-13-14-24-39-41(33(4,5)6,28-17-9-7-10-18-28)29-19-11-8-12-20-29/h7-12,15-21H,13-14,22-26H2,1-6H3,(H,34,37). The van der Waals surface area contributed by atoms with Crippen molar-refractivity contribution in [1.29, 1.82) is 0 Å². The molecule has 7 nitrogen and oxygen atoms in total. The lowest BCUT2D eigenvalue weighted by Crippen LogP contribution is -2.66. The minimum absolute atomic E-state index is 0.0452. The average Bonchev–Trinajstić information content (AvgIpc) is 2.92. The highest BCUT2D eigenvalue weighted by Gasteiger charge is 2.49. The van der Waals surface area contributed by atoms with E-state index in [0.717, 1.165) is 12.8 Å². The smallest absolute Gasteiger partial charge is 0.407 e. The lowest BCUT2D eigenvalue weighted by Gasteiger charge is -2.43. The van der Waals surface area contributed by atoms with Crippen molar-refractivity contribution in [3.05, 3.63) is 94.9 Å². The molecule has 0 fully saturated rings. The summed E-state index contributed by atoms with van der Waals surface area (Å²) in [6.45, 7) is 14.5. The maximum absolute atomic E-state index is 12.8. The predicted octanol–water partition coefficient (Wildman–Crippen LogP) is 5.25. The molecule has 1 N–H and O–H groups in total. The molecule has 3 aromatic rings. The van der Waals surface area contributed by atoms with Gasteiger partial charge in [0.1, 0.15) is 5.60 Å². The van der Waals surface area contributed by atoms with E-state index in [-0.39, 0.29) is 17.1 Å². The summed E-state index contributed by atoms with van der Waals surface area (Å²) in [4.78, 5) is 24.7. The zero-order chi connectivity index (χ0) is 29.9. The zero-order valence-corrected chi connectivity index (χ0v) is 26.4. The summed E-state index contributed by atoms with van der Waals surface area (Å²) in [5, 5.41) is 5.16. The Morgan fingerprint density at radius 3 is 1.95 bits per heavy atom. The second kappa shape index (κ2) is 14.6. The van der Waals surface area contributed by atoms with Crippen LogP contribution in [0.3, 0.4) is 0 Å². The number of carbonyl (C=O) groups excluding carboxylic acids is 1. The van der Waals surface area contributed by atoms with Crippen LogP contribution in [0.2, 0.25) is 5.04 Å². The third kappa shape index (κ3) is 9.15. The van der Waals surface area contributed by atoms with Gasteiger partial charge in [-0.2, -0.15) is 0 Å². The van der Waals surface area contributed by atoms with Crippen molar-refractivity contribution in [2.75, 3.05) is 19.8 Å².